The topological polar surface area (TPSA) is 115 Å². The van der Waals surface area contributed by atoms with Crippen LogP contribution in [-0.2, 0) is 0 Å². The molecular formula is C12H12FN3O3. The van der Waals surface area contributed by atoms with Crippen LogP contribution >= 0.6 is 0 Å². The van der Waals surface area contributed by atoms with Crippen LogP contribution in [0.2, 0.25) is 0 Å². The molecule has 0 spiro atoms. The van der Waals surface area contributed by atoms with Gasteiger partial charge in [-0.25, -0.2) is 9.18 Å². The number of rotatable bonds is 2. The monoisotopic (exact) mass is 265 g/mol. The van der Waals surface area contributed by atoms with Crippen molar-refractivity contribution in [1.82, 2.24) is 5.16 Å². The molecule has 0 radical (unpaired) electrons. The van der Waals surface area contributed by atoms with Crippen LogP contribution < -0.4 is 11.5 Å². The Kier molecular flexibility index (Phi) is 2.89. The Bertz CT molecular complexity index is 660. The van der Waals surface area contributed by atoms with Crippen molar-refractivity contribution in [1.29, 1.82) is 0 Å². The molecule has 5 N–H and O–H groups in total. The largest absolute Gasteiger partial charge is 0.478 e. The average Bonchev–Trinajstić information content (AvgIpc) is 2.67. The van der Waals surface area contributed by atoms with Crippen LogP contribution in [-0.4, -0.2) is 16.2 Å². The van der Waals surface area contributed by atoms with Gasteiger partial charge >= 0.3 is 5.97 Å². The van der Waals surface area contributed by atoms with Crippen molar-refractivity contribution in [3.05, 3.63) is 28.9 Å². The first kappa shape index (κ1) is 12.9. The average molecular weight is 265 g/mol. The summed E-state index contributed by atoms with van der Waals surface area (Å²) in [5, 5.41) is 12.7. The Morgan fingerprint density at radius 2 is 2.00 bits per heavy atom. The summed E-state index contributed by atoms with van der Waals surface area (Å²) in [6, 6.07) is 1.13. The van der Waals surface area contributed by atoms with Gasteiger partial charge < -0.3 is 21.1 Å². The van der Waals surface area contributed by atoms with Crippen LogP contribution in [0.15, 0.2) is 10.6 Å². The van der Waals surface area contributed by atoms with Crippen LogP contribution in [0.1, 0.15) is 21.8 Å². The quantitative estimate of drug-likeness (QED) is 0.715. The van der Waals surface area contributed by atoms with Crippen molar-refractivity contribution in [3.63, 3.8) is 0 Å². The molecule has 0 amide bonds. The van der Waals surface area contributed by atoms with Gasteiger partial charge in [0.05, 0.1) is 28.2 Å². The molecule has 0 aliphatic rings. The van der Waals surface area contributed by atoms with Crippen LogP contribution in [0, 0.1) is 19.7 Å². The lowest BCUT2D eigenvalue weighted by Gasteiger charge is -2.10. The maximum absolute atomic E-state index is 14.2. The first-order chi connectivity index (χ1) is 8.84. The van der Waals surface area contributed by atoms with Crippen molar-refractivity contribution < 1.29 is 18.8 Å². The second kappa shape index (κ2) is 4.27. The number of nitrogens with zero attached hydrogens (tertiary/aromatic N) is 1. The fraction of sp³-hybridized carbons (Fsp3) is 0.167. The number of carbonyl (C=O) groups is 1. The van der Waals surface area contributed by atoms with Crippen LogP contribution in [0.25, 0.3) is 11.1 Å². The zero-order valence-electron chi connectivity index (χ0n) is 10.3. The normalized spacial score (nSPS) is 10.7. The number of benzene rings is 1. The number of nitrogens with two attached hydrogens (primary N) is 2. The smallest absolute Gasteiger partial charge is 0.337 e. The molecule has 0 bridgehead atoms. The highest BCUT2D eigenvalue weighted by molar-refractivity contribution is 5.99. The van der Waals surface area contributed by atoms with Gasteiger partial charge in [-0.2, -0.15) is 0 Å². The lowest BCUT2D eigenvalue weighted by molar-refractivity contribution is 0.0698. The number of hydrogen-bond donors (Lipinski definition) is 3. The van der Waals surface area contributed by atoms with Crippen molar-refractivity contribution in [2.24, 2.45) is 0 Å². The van der Waals surface area contributed by atoms with E-state index >= 15 is 0 Å². The van der Waals surface area contributed by atoms with Gasteiger partial charge in [-0.15, -0.1) is 0 Å². The molecule has 0 aliphatic heterocycles. The molecule has 0 atom stereocenters. The zero-order valence-corrected chi connectivity index (χ0v) is 10.3. The van der Waals surface area contributed by atoms with Crippen molar-refractivity contribution in [3.8, 4) is 11.1 Å². The number of nitrogen functional groups attached to an aromatic ring is 2. The molecule has 100 valence electrons. The number of carboxylic acid groups (broad SMARTS) is 1. The van der Waals surface area contributed by atoms with E-state index in [0.29, 0.717) is 17.0 Å². The molecule has 6 nitrogen and oxygen atoms in total. The number of carboxylic acids is 1. The minimum atomic E-state index is -1.28. The number of anilines is 2. The van der Waals surface area contributed by atoms with Crippen molar-refractivity contribution >= 4 is 17.3 Å². The van der Waals surface area contributed by atoms with Crippen LogP contribution in [0.3, 0.4) is 0 Å². The SMILES string of the molecule is Cc1noc(C)c1-c1cc(C(=O)O)c(N)c(N)c1F. The van der Waals surface area contributed by atoms with Gasteiger partial charge in [-0.3, -0.25) is 0 Å². The second-order valence-electron chi connectivity index (χ2n) is 4.12. The lowest BCUT2D eigenvalue weighted by Crippen LogP contribution is -2.09. The molecule has 2 aromatic rings. The summed E-state index contributed by atoms with van der Waals surface area (Å²) in [7, 11) is 0. The number of aryl methyl sites for hydroxylation is 2. The van der Waals surface area contributed by atoms with Gasteiger partial charge in [0.1, 0.15) is 5.76 Å². The highest BCUT2D eigenvalue weighted by Gasteiger charge is 2.23. The molecule has 1 aromatic heterocycles. The Balaban J connectivity index is 2.82. The predicted molar refractivity (Wildman–Crippen MR) is 67.2 cm³/mol. The summed E-state index contributed by atoms with van der Waals surface area (Å²) >= 11 is 0. The first-order valence-corrected chi connectivity index (χ1v) is 5.38. The van der Waals surface area contributed by atoms with E-state index in [1.807, 2.05) is 0 Å². The molecule has 0 saturated heterocycles. The molecule has 0 unspecified atom stereocenters. The van der Waals surface area contributed by atoms with E-state index in [4.69, 9.17) is 21.1 Å². The highest BCUT2D eigenvalue weighted by Crippen LogP contribution is 2.36. The van der Waals surface area contributed by atoms with Gasteiger partial charge in [0, 0.05) is 5.56 Å². The summed E-state index contributed by atoms with van der Waals surface area (Å²) in [6.45, 7) is 3.22. The van der Waals surface area contributed by atoms with Gasteiger partial charge in [-0.05, 0) is 19.9 Å². The third-order valence-electron chi connectivity index (χ3n) is 2.88. The van der Waals surface area contributed by atoms with Crippen molar-refractivity contribution in [2.75, 3.05) is 11.5 Å². The Labute approximate surface area is 107 Å². The lowest BCUT2D eigenvalue weighted by atomic mass is 9.98. The maximum Gasteiger partial charge on any atom is 0.337 e. The van der Waals surface area contributed by atoms with E-state index in [2.05, 4.69) is 5.16 Å². The van der Waals surface area contributed by atoms with Crippen LogP contribution in [0.5, 0.6) is 0 Å². The number of aromatic nitrogens is 1. The van der Waals surface area contributed by atoms with Gasteiger partial charge in [0.15, 0.2) is 5.82 Å². The summed E-state index contributed by atoms with van der Waals surface area (Å²) in [6.07, 6.45) is 0. The molecule has 0 aliphatic carbocycles. The van der Waals surface area contributed by atoms with E-state index in [-0.39, 0.29) is 16.8 Å². The van der Waals surface area contributed by atoms with Gasteiger partial charge in [-0.1, -0.05) is 5.16 Å². The molecule has 0 fully saturated rings. The predicted octanol–water partition coefficient (Wildman–Crippen LogP) is 1.96. The molecule has 0 saturated carbocycles. The summed E-state index contributed by atoms with van der Waals surface area (Å²) < 4.78 is 19.1. The molecule has 1 aromatic carbocycles. The minimum absolute atomic E-state index is 0.0142. The molecular weight excluding hydrogens is 253 g/mol. The van der Waals surface area contributed by atoms with Crippen LogP contribution in [0.4, 0.5) is 15.8 Å². The fourth-order valence-corrected chi connectivity index (χ4v) is 1.92. The number of aromatic carboxylic acids is 1. The molecule has 2 rings (SSSR count). The van der Waals surface area contributed by atoms with Crippen molar-refractivity contribution in [2.45, 2.75) is 13.8 Å². The zero-order chi connectivity index (χ0) is 14.3. The third kappa shape index (κ3) is 1.88. The fourth-order valence-electron chi connectivity index (χ4n) is 1.92. The Hall–Kier alpha value is -2.57. The summed E-state index contributed by atoms with van der Waals surface area (Å²) in [4.78, 5) is 11.1. The first-order valence-electron chi connectivity index (χ1n) is 5.38. The summed E-state index contributed by atoms with van der Waals surface area (Å²) in [5.74, 6) is -1.69. The molecule has 7 heteroatoms. The molecule has 1 heterocycles. The third-order valence-corrected chi connectivity index (χ3v) is 2.88. The van der Waals surface area contributed by atoms with E-state index < -0.39 is 17.5 Å². The van der Waals surface area contributed by atoms with Gasteiger partial charge in [0.25, 0.3) is 0 Å². The Morgan fingerprint density at radius 3 is 2.47 bits per heavy atom. The van der Waals surface area contributed by atoms with E-state index in [1.54, 1.807) is 13.8 Å². The Morgan fingerprint density at radius 1 is 1.37 bits per heavy atom. The maximum atomic E-state index is 14.2. The molecule has 19 heavy (non-hydrogen) atoms. The number of hydrogen-bond acceptors (Lipinski definition) is 5. The van der Waals surface area contributed by atoms with E-state index in [1.165, 1.54) is 0 Å². The van der Waals surface area contributed by atoms with E-state index in [9.17, 15) is 9.18 Å². The number of halogens is 1. The second-order valence-corrected chi connectivity index (χ2v) is 4.12. The highest BCUT2D eigenvalue weighted by atomic mass is 19.1. The van der Waals surface area contributed by atoms with Gasteiger partial charge in [0.2, 0.25) is 0 Å². The van der Waals surface area contributed by atoms with E-state index in [0.717, 1.165) is 6.07 Å². The summed E-state index contributed by atoms with van der Waals surface area (Å²) in [5.41, 5.74) is 10.9. The standard InChI is InChI=1S/C12H12FN3O3/c1-4-8(5(2)19-16-4)6-3-7(12(17)18)10(14)11(15)9(6)13/h3H,14-15H2,1-2H3,(H,17,18). The minimum Gasteiger partial charge on any atom is -0.478 e.